The van der Waals surface area contributed by atoms with Crippen molar-refractivity contribution in [1.82, 2.24) is 0 Å². The standard InChI is InChI=1S/C9H11FO/c1-4-6-9(10)8(5-2)7(3)11/h4-6H,1H2,2-3H3/b8-5-,9-6+. The van der Waals surface area contributed by atoms with Gasteiger partial charge < -0.3 is 0 Å². The van der Waals surface area contributed by atoms with Crippen LogP contribution in [-0.2, 0) is 4.79 Å². The van der Waals surface area contributed by atoms with Gasteiger partial charge in [-0.1, -0.05) is 18.7 Å². The second-order valence-corrected chi connectivity index (χ2v) is 2.01. The lowest BCUT2D eigenvalue weighted by Gasteiger charge is -1.96. The Bertz CT molecular complexity index is 224. The summed E-state index contributed by atoms with van der Waals surface area (Å²) in [7, 11) is 0. The highest BCUT2D eigenvalue weighted by atomic mass is 19.1. The van der Waals surface area contributed by atoms with Crippen molar-refractivity contribution in [2.24, 2.45) is 0 Å². The molecule has 0 aliphatic heterocycles. The predicted octanol–water partition coefficient (Wildman–Crippen LogP) is 2.56. The normalized spacial score (nSPS) is 13.0. The van der Waals surface area contributed by atoms with E-state index in [0.29, 0.717) is 0 Å². The Kier molecular flexibility index (Phi) is 4.11. The van der Waals surface area contributed by atoms with Gasteiger partial charge in [-0.25, -0.2) is 4.39 Å². The van der Waals surface area contributed by atoms with E-state index in [4.69, 9.17) is 0 Å². The Hall–Kier alpha value is -1.18. The van der Waals surface area contributed by atoms with E-state index >= 15 is 0 Å². The summed E-state index contributed by atoms with van der Waals surface area (Å²) in [6.07, 6.45) is 3.91. The van der Waals surface area contributed by atoms with Gasteiger partial charge in [-0.15, -0.1) is 0 Å². The molecular formula is C9H11FO. The van der Waals surface area contributed by atoms with Gasteiger partial charge in [0.05, 0.1) is 0 Å². The average Bonchev–Trinajstić information content (AvgIpc) is 1.88. The van der Waals surface area contributed by atoms with Crippen LogP contribution in [0.1, 0.15) is 13.8 Å². The molecule has 0 rings (SSSR count). The molecule has 0 unspecified atom stereocenters. The van der Waals surface area contributed by atoms with Crippen LogP contribution in [0, 0.1) is 0 Å². The number of ketones is 1. The van der Waals surface area contributed by atoms with Crippen LogP contribution in [0.3, 0.4) is 0 Å². The van der Waals surface area contributed by atoms with Crippen molar-refractivity contribution in [3.63, 3.8) is 0 Å². The van der Waals surface area contributed by atoms with Crippen LogP contribution in [-0.4, -0.2) is 5.78 Å². The van der Waals surface area contributed by atoms with E-state index in [0.717, 1.165) is 6.08 Å². The lowest BCUT2D eigenvalue weighted by molar-refractivity contribution is -0.113. The van der Waals surface area contributed by atoms with Crippen LogP contribution >= 0.6 is 0 Å². The highest BCUT2D eigenvalue weighted by Gasteiger charge is 2.06. The molecule has 0 aromatic heterocycles. The summed E-state index contributed by atoms with van der Waals surface area (Å²) in [5, 5.41) is 0. The summed E-state index contributed by atoms with van der Waals surface area (Å²) in [4.78, 5) is 10.7. The Morgan fingerprint density at radius 3 is 2.36 bits per heavy atom. The number of hydrogen-bond donors (Lipinski definition) is 0. The number of halogens is 1. The molecule has 0 aliphatic rings. The second-order valence-electron chi connectivity index (χ2n) is 2.01. The third-order valence-corrected chi connectivity index (χ3v) is 1.19. The predicted molar refractivity (Wildman–Crippen MR) is 43.8 cm³/mol. The SMILES string of the molecule is C=C/C=C(F)\C(=C/C)C(C)=O. The monoisotopic (exact) mass is 154 g/mol. The van der Waals surface area contributed by atoms with Gasteiger partial charge in [0.2, 0.25) is 0 Å². The maximum absolute atomic E-state index is 12.8. The van der Waals surface area contributed by atoms with E-state index in [1.54, 1.807) is 6.92 Å². The summed E-state index contributed by atoms with van der Waals surface area (Å²) in [6.45, 7) is 6.27. The fourth-order valence-electron chi connectivity index (χ4n) is 0.703. The minimum atomic E-state index is -0.532. The molecule has 0 saturated carbocycles. The molecule has 0 aromatic rings. The molecule has 0 fully saturated rings. The largest absolute Gasteiger partial charge is 0.294 e. The van der Waals surface area contributed by atoms with E-state index in [-0.39, 0.29) is 11.4 Å². The number of allylic oxidation sites excluding steroid dienone is 5. The van der Waals surface area contributed by atoms with Gasteiger partial charge >= 0.3 is 0 Å². The summed E-state index contributed by atoms with van der Waals surface area (Å²) in [6, 6.07) is 0. The van der Waals surface area contributed by atoms with Crippen LogP contribution in [0.25, 0.3) is 0 Å². The molecule has 0 heterocycles. The summed E-state index contributed by atoms with van der Waals surface area (Å²) >= 11 is 0. The first-order valence-electron chi connectivity index (χ1n) is 3.29. The Morgan fingerprint density at radius 1 is 1.55 bits per heavy atom. The van der Waals surface area contributed by atoms with Crippen molar-refractivity contribution in [3.05, 3.63) is 36.2 Å². The zero-order valence-corrected chi connectivity index (χ0v) is 6.73. The number of carbonyl (C=O) groups excluding carboxylic acids is 1. The van der Waals surface area contributed by atoms with Crippen LogP contribution in [0.5, 0.6) is 0 Å². The minimum absolute atomic E-state index is 0.102. The van der Waals surface area contributed by atoms with Gasteiger partial charge in [-0.05, 0) is 19.9 Å². The highest BCUT2D eigenvalue weighted by Crippen LogP contribution is 2.11. The van der Waals surface area contributed by atoms with Crippen LogP contribution in [0.15, 0.2) is 36.2 Å². The topological polar surface area (TPSA) is 17.1 Å². The Morgan fingerprint density at radius 2 is 2.09 bits per heavy atom. The smallest absolute Gasteiger partial charge is 0.162 e. The van der Waals surface area contributed by atoms with Gasteiger partial charge in [0.1, 0.15) is 5.83 Å². The molecule has 0 aromatic carbocycles. The van der Waals surface area contributed by atoms with Crippen molar-refractivity contribution in [3.8, 4) is 0 Å². The second kappa shape index (κ2) is 4.61. The molecule has 0 saturated heterocycles. The van der Waals surface area contributed by atoms with E-state index in [1.165, 1.54) is 19.1 Å². The lowest BCUT2D eigenvalue weighted by atomic mass is 10.1. The van der Waals surface area contributed by atoms with Crippen LogP contribution < -0.4 is 0 Å². The first-order valence-corrected chi connectivity index (χ1v) is 3.29. The number of Topliss-reactive ketones (excluding diaryl/α,β-unsaturated/α-hetero) is 1. The van der Waals surface area contributed by atoms with Gasteiger partial charge in [0.15, 0.2) is 5.78 Å². The van der Waals surface area contributed by atoms with Gasteiger partial charge in [0.25, 0.3) is 0 Å². The molecular weight excluding hydrogens is 143 g/mol. The molecule has 11 heavy (non-hydrogen) atoms. The molecule has 60 valence electrons. The zero-order valence-electron chi connectivity index (χ0n) is 6.73. The van der Waals surface area contributed by atoms with Crippen LogP contribution in [0.4, 0.5) is 4.39 Å². The fraction of sp³-hybridized carbons (Fsp3) is 0.222. The quantitative estimate of drug-likeness (QED) is 0.451. The molecule has 0 spiro atoms. The number of carbonyl (C=O) groups is 1. The van der Waals surface area contributed by atoms with Crippen molar-refractivity contribution < 1.29 is 9.18 Å². The van der Waals surface area contributed by atoms with E-state index in [2.05, 4.69) is 6.58 Å². The van der Waals surface area contributed by atoms with Crippen LogP contribution in [0.2, 0.25) is 0 Å². The first kappa shape index (κ1) is 9.82. The van der Waals surface area contributed by atoms with Gasteiger partial charge in [-0.2, -0.15) is 0 Å². The molecule has 0 radical (unpaired) electrons. The van der Waals surface area contributed by atoms with Crippen molar-refractivity contribution >= 4 is 5.78 Å². The van der Waals surface area contributed by atoms with Gasteiger partial charge in [-0.3, -0.25) is 4.79 Å². The summed E-state index contributed by atoms with van der Waals surface area (Å²) in [5.74, 6) is -0.807. The average molecular weight is 154 g/mol. The maximum atomic E-state index is 12.8. The highest BCUT2D eigenvalue weighted by molar-refractivity contribution is 5.96. The zero-order chi connectivity index (χ0) is 8.85. The first-order chi connectivity index (χ1) is 5.13. The van der Waals surface area contributed by atoms with Crippen molar-refractivity contribution in [1.29, 1.82) is 0 Å². The maximum Gasteiger partial charge on any atom is 0.162 e. The number of hydrogen-bond acceptors (Lipinski definition) is 1. The molecule has 2 heteroatoms. The van der Waals surface area contributed by atoms with E-state index in [9.17, 15) is 9.18 Å². The molecule has 0 atom stereocenters. The lowest BCUT2D eigenvalue weighted by Crippen LogP contribution is -1.96. The Balaban J connectivity index is 4.67. The molecule has 0 N–H and O–H groups in total. The molecule has 1 nitrogen and oxygen atoms in total. The third-order valence-electron chi connectivity index (χ3n) is 1.19. The summed E-state index contributed by atoms with van der Waals surface area (Å²) < 4.78 is 12.8. The molecule has 0 bridgehead atoms. The van der Waals surface area contributed by atoms with Crippen molar-refractivity contribution in [2.75, 3.05) is 0 Å². The van der Waals surface area contributed by atoms with Crippen molar-refractivity contribution in [2.45, 2.75) is 13.8 Å². The fourth-order valence-corrected chi connectivity index (χ4v) is 0.703. The molecule has 0 aliphatic carbocycles. The number of rotatable bonds is 3. The molecule has 0 amide bonds. The third kappa shape index (κ3) is 2.94. The van der Waals surface area contributed by atoms with Gasteiger partial charge in [0, 0.05) is 5.57 Å². The summed E-state index contributed by atoms with van der Waals surface area (Å²) in [5.41, 5.74) is 0.102. The van der Waals surface area contributed by atoms with E-state index in [1.807, 2.05) is 0 Å². The van der Waals surface area contributed by atoms with E-state index < -0.39 is 5.83 Å². The Labute approximate surface area is 65.9 Å². The minimum Gasteiger partial charge on any atom is -0.294 e.